The number of hydrogen-bond donors (Lipinski definition) is 1. The summed E-state index contributed by atoms with van der Waals surface area (Å²) in [6, 6.07) is 11.2. The monoisotopic (exact) mass is 486 g/mol. The number of aryl methyl sites for hydroxylation is 1. The van der Waals surface area contributed by atoms with Gasteiger partial charge < -0.3 is 10.1 Å². The number of rotatable bonds is 4. The minimum atomic E-state index is -0.488. The first-order valence-electron chi connectivity index (χ1n) is 10.0. The van der Waals surface area contributed by atoms with Gasteiger partial charge in [0.2, 0.25) is 0 Å². The number of nitrogens with zero attached hydrogens (tertiary/aromatic N) is 3. The molecule has 31 heavy (non-hydrogen) atoms. The van der Waals surface area contributed by atoms with E-state index in [4.69, 9.17) is 4.74 Å². The fraction of sp³-hybridized carbons (Fsp3) is 0.364. The van der Waals surface area contributed by atoms with Crippen LogP contribution in [0.3, 0.4) is 0 Å². The Kier molecular flexibility index (Phi) is 5.81. The molecule has 1 aliphatic heterocycles. The molecular weight excluding hydrogens is 464 g/mol. The Morgan fingerprint density at radius 2 is 1.90 bits per heavy atom. The zero-order valence-corrected chi connectivity index (χ0v) is 18.9. The molecule has 0 unspecified atom stereocenters. The van der Waals surface area contributed by atoms with E-state index in [0.29, 0.717) is 19.8 Å². The molecule has 9 heteroatoms. The van der Waals surface area contributed by atoms with Crippen molar-refractivity contribution in [2.45, 2.75) is 18.3 Å². The fourth-order valence-corrected chi connectivity index (χ4v) is 4.47. The third-order valence-electron chi connectivity index (χ3n) is 6.01. The molecule has 3 aromatic rings. The van der Waals surface area contributed by atoms with Crippen molar-refractivity contribution in [3.8, 4) is 0 Å². The van der Waals surface area contributed by atoms with Crippen LogP contribution in [-0.2, 0) is 24.2 Å². The highest BCUT2D eigenvalue weighted by molar-refractivity contribution is 9.10. The highest BCUT2D eigenvalue weighted by Crippen LogP contribution is 2.35. The lowest BCUT2D eigenvalue weighted by atomic mass is 9.74. The van der Waals surface area contributed by atoms with Crippen LogP contribution < -0.4 is 16.6 Å². The average Bonchev–Trinajstić information content (AvgIpc) is 2.80. The van der Waals surface area contributed by atoms with E-state index >= 15 is 0 Å². The van der Waals surface area contributed by atoms with Crippen LogP contribution in [-0.4, -0.2) is 39.8 Å². The maximum Gasteiger partial charge on any atom is 0.332 e. The molecule has 0 atom stereocenters. The van der Waals surface area contributed by atoms with Crippen LogP contribution in [0.15, 0.2) is 50.5 Å². The molecule has 1 amide bonds. The van der Waals surface area contributed by atoms with E-state index < -0.39 is 11.2 Å². The van der Waals surface area contributed by atoms with Crippen LogP contribution in [0.5, 0.6) is 0 Å². The summed E-state index contributed by atoms with van der Waals surface area (Å²) in [6.45, 7) is 1.69. The molecule has 0 radical (unpaired) electrons. The van der Waals surface area contributed by atoms with Crippen molar-refractivity contribution in [2.24, 2.45) is 14.1 Å². The normalized spacial score (nSPS) is 15.7. The minimum absolute atomic E-state index is 0.159. The predicted octanol–water partition coefficient (Wildman–Crippen LogP) is 1.87. The maximum atomic E-state index is 12.9. The van der Waals surface area contributed by atoms with Gasteiger partial charge in [0.25, 0.3) is 11.5 Å². The molecule has 162 valence electrons. The molecule has 1 aliphatic rings. The number of amides is 1. The van der Waals surface area contributed by atoms with Gasteiger partial charge in [-0.15, -0.1) is 0 Å². The van der Waals surface area contributed by atoms with E-state index in [0.717, 1.165) is 27.4 Å². The van der Waals surface area contributed by atoms with Crippen LogP contribution in [0.1, 0.15) is 28.9 Å². The predicted molar refractivity (Wildman–Crippen MR) is 120 cm³/mol. The summed E-state index contributed by atoms with van der Waals surface area (Å²) in [5.74, 6) is -0.351. The first-order valence-corrected chi connectivity index (χ1v) is 10.8. The van der Waals surface area contributed by atoms with Crippen LogP contribution >= 0.6 is 15.9 Å². The van der Waals surface area contributed by atoms with Crippen molar-refractivity contribution in [3.05, 3.63) is 73.0 Å². The second-order valence-electron chi connectivity index (χ2n) is 7.86. The summed E-state index contributed by atoms with van der Waals surface area (Å²) in [4.78, 5) is 41.8. The lowest BCUT2D eigenvalue weighted by Crippen LogP contribution is -2.44. The number of benzene rings is 1. The SMILES string of the molecule is Cn1c(=O)c2ccc(C(=O)NCC3(c4cccc(Br)c4)CCOCC3)nc2n(C)c1=O. The molecule has 0 bridgehead atoms. The standard InChI is InChI=1S/C22H23BrN4O4/c1-26-18-16(20(29)27(2)21(26)30)6-7-17(25-18)19(28)24-13-22(8-10-31-11-9-22)14-4-3-5-15(23)12-14/h3-7,12H,8-11,13H2,1-2H3,(H,24,28). The Hall–Kier alpha value is -2.78. The van der Waals surface area contributed by atoms with Gasteiger partial charge in [-0.05, 0) is 42.7 Å². The molecule has 0 saturated carbocycles. The number of carbonyl (C=O) groups excluding carboxylic acids is 1. The minimum Gasteiger partial charge on any atom is -0.381 e. The van der Waals surface area contributed by atoms with E-state index in [2.05, 4.69) is 38.4 Å². The van der Waals surface area contributed by atoms with E-state index in [1.54, 1.807) is 0 Å². The third kappa shape index (κ3) is 3.95. The summed E-state index contributed by atoms with van der Waals surface area (Å²) in [7, 11) is 2.95. The van der Waals surface area contributed by atoms with E-state index in [-0.39, 0.29) is 28.0 Å². The first-order chi connectivity index (χ1) is 14.8. The smallest absolute Gasteiger partial charge is 0.332 e. The van der Waals surface area contributed by atoms with Gasteiger partial charge in [0, 0.05) is 43.7 Å². The quantitative estimate of drug-likeness (QED) is 0.607. The van der Waals surface area contributed by atoms with Gasteiger partial charge in [-0.2, -0.15) is 0 Å². The van der Waals surface area contributed by atoms with Gasteiger partial charge >= 0.3 is 5.69 Å². The summed E-state index contributed by atoms with van der Waals surface area (Å²) in [6.07, 6.45) is 1.58. The van der Waals surface area contributed by atoms with Crippen molar-refractivity contribution in [3.63, 3.8) is 0 Å². The molecule has 8 nitrogen and oxygen atoms in total. The number of ether oxygens (including phenoxy) is 1. The van der Waals surface area contributed by atoms with Crippen LogP contribution in [0, 0.1) is 0 Å². The summed E-state index contributed by atoms with van der Waals surface area (Å²) < 4.78 is 8.84. The highest BCUT2D eigenvalue weighted by atomic mass is 79.9. The van der Waals surface area contributed by atoms with Crippen LogP contribution in [0.2, 0.25) is 0 Å². The molecule has 3 heterocycles. The first kappa shape index (κ1) is 21.5. The fourth-order valence-electron chi connectivity index (χ4n) is 4.07. The Morgan fingerprint density at radius 3 is 2.61 bits per heavy atom. The Bertz CT molecular complexity index is 1270. The van der Waals surface area contributed by atoms with Gasteiger partial charge in [-0.3, -0.25) is 18.7 Å². The van der Waals surface area contributed by atoms with Gasteiger partial charge in [0.15, 0.2) is 0 Å². The number of nitrogens with one attached hydrogen (secondary N) is 1. The van der Waals surface area contributed by atoms with Gasteiger partial charge in [-0.1, -0.05) is 28.1 Å². The average molecular weight is 487 g/mol. The molecule has 1 fully saturated rings. The number of halogens is 1. The van der Waals surface area contributed by atoms with Gasteiger partial charge in [0.1, 0.15) is 11.3 Å². The Morgan fingerprint density at radius 1 is 1.16 bits per heavy atom. The zero-order chi connectivity index (χ0) is 22.2. The van der Waals surface area contributed by atoms with Gasteiger partial charge in [0.05, 0.1) is 5.39 Å². The number of pyridine rings is 1. The van der Waals surface area contributed by atoms with Crippen molar-refractivity contribution >= 4 is 32.9 Å². The Labute approximate surface area is 187 Å². The largest absolute Gasteiger partial charge is 0.381 e. The van der Waals surface area contributed by atoms with Gasteiger partial charge in [-0.25, -0.2) is 9.78 Å². The number of fused-ring (bicyclic) bond motifs is 1. The maximum absolute atomic E-state index is 12.9. The molecule has 2 aromatic heterocycles. The molecular formula is C22H23BrN4O4. The lowest BCUT2D eigenvalue weighted by Gasteiger charge is -2.38. The van der Waals surface area contributed by atoms with Crippen molar-refractivity contribution in [2.75, 3.05) is 19.8 Å². The van der Waals surface area contributed by atoms with E-state index in [1.807, 2.05) is 12.1 Å². The Balaban J connectivity index is 1.63. The second-order valence-corrected chi connectivity index (χ2v) is 8.77. The van der Waals surface area contributed by atoms with E-state index in [1.165, 1.54) is 30.8 Å². The lowest BCUT2D eigenvalue weighted by molar-refractivity contribution is 0.0486. The van der Waals surface area contributed by atoms with Crippen molar-refractivity contribution < 1.29 is 9.53 Å². The summed E-state index contributed by atoms with van der Waals surface area (Å²) in [5.41, 5.74) is 0.326. The topological polar surface area (TPSA) is 95.2 Å². The van der Waals surface area contributed by atoms with Crippen LogP contribution in [0.4, 0.5) is 0 Å². The number of carbonyl (C=O) groups is 1. The van der Waals surface area contributed by atoms with Crippen LogP contribution in [0.25, 0.3) is 11.0 Å². The molecule has 4 rings (SSSR count). The molecule has 1 saturated heterocycles. The third-order valence-corrected chi connectivity index (χ3v) is 6.50. The van der Waals surface area contributed by atoms with Crippen molar-refractivity contribution in [1.82, 2.24) is 19.4 Å². The number of hydrogen-bond acceptors (Lipinski definition) is 5. The summed E-state index contributed by atoms with van der Waals surface area (Å²) >= 11 is 3.53. The second kappa shape index (κ2) is 8.39. The summed E-state index contributed by atoms with van der Waals surface area (Å²) in [5, 5.41) is 3.30. The molecule has 1 aromatic carbocycles. The molecule has 0 aliphatic carbocycles. The highest BCUT2D eigenvalue weighted by Gasteiger charge is 2.35. The molecule has 1 N–H and O–H groups in total. The van der Waals surface area contributed by atoms with Crippen molar-refractivity contribution in [1.29, 1.82) is 0 Å². The molecule has 0 spiro atoms. The van der Waals surface area contributed by atoms with E-state index in [9.17, 15) is 14.4 Å². The zero-order valence-electron chi connectivity index (χ0n) is 17.4. The number of aromatic nitrogens is 3.